The van der Waals surface area contributed by atoms with Crippen LogP contribution in [0, 0.1) is 0 Å². The second-order valence-electron chi connectivity index (χ2n) is 6.99. The Balaban J connectivity index is 1.83. The third-order valence-corrected chi connectivity index (χ3v) is 4.73. The predicted octanol–water partition coefficient (Wildman–Crippen LogP) is 0.338. The van der Waals surface area contributed by atoms with Crippen LogP contribution >= 0.6 is 0 Å². The molecule has 1 heterocycles. The summed E-state index contributed by atoms with van der Waals surface area (Å²) in [5.41, 5.74) is 0.788. The van der Waals surface area contributed by atoms with Crippen LogP contribution in [-0.2, 0) is 30.5 Å². The Hall–Kier alpha value is -3.63. The molecule has 1 saturated heterocycles. The van der Waals surface area contributed by atoms with Gasteiger partial charge in [0.05, 0.1) is 0 Å². The molecule has 1 fully saturated rings. The molecule has 0 bridgehead atoms. The zero-order valence-electron chi connectivity index (χ0n) is 16.8. The van der Waals surface area contributed by atoms with E-state index < -0.39 is 48.4 Å². The molecule has 3 amide bonds. The van der Waals surface area contributed by atoms with E-state index in [1.165, 1.54) is 4.90 Å². The molecule has 168 valence electrons. The first-order valence-corrected chi connectivity index (χ1v) is 9.77. The number of ether oxygens (including phenoxy) is 1. The van der Waals surface area contributed by atoms with Crippen molar-refractivity contribution in [1.82, 2.24) is 15.5 Å². The van der Waals surface area contributed by atoms with Gasteiger partial charge in [-0.2, -0.15) is 0 Å². The van der Waals surface area contributed by atoms with Crippen molar-refractivity contribution in [2.45, 2.75) is 44.4 Å². The SMILES string of the molecule is O=C(O)CC[C@H](NC(=O)C1CCCN1C(=O)CNC(=O)OCc1ccccc1)C(=O)O. The average molecular weight is 435 g/mol. The second kappa shape index (κ2) is 11.5. The number of carbonyl (C=O) groups is 5. The topological polar surface area (TPSA) is 162 Å². The van der Waals surface area contributed by atoms with Crippen LogP contribution in [0.4, 0.5) is 4.79 Å². The Labute approximate surface area is 178 Å². The van der Waals surface area contributed by atoms with Crippen molar-refractivity contribution in [2.24, 2.45) is 0 Å². The van der Waals surface area contributed by atoms with Crippen molar-refractivity contribution in [3.8, 4) is 0 Å². The average Bonchev–Trinajstić information content (AvgIpc) is 3.24. The van der Waals surface area contributed by atoms with Gasteiger partial charge in [-0.15, -0.1) is 0 Å². The van der Waals surface area contributed by atoms with E-state index in [9.17, 15) is 29.1 Å². The lowest BCUT2D eigenvalue weighted by molar-refractivity contribution is -0.144. The molecule has 1 aliphatic rings. The third-order valence-electron chi connectivity index (χ3n) is 4.73. The van der Waals surface area contributed by atoms with E-state index in [2.05, 4.69) is 10.6 Å². The highest BCUT2D eigenvalue weighted by atomic mass is 16.5. The van der Waals surface area contributed by atoms with Gasteiger partial charge < -0.3 is 30.5 Å². The Kier molecular flexibility index (Phi) is 8.79. The van der Waals surface area contributed by atoms with Gasteiger partial charge in [0.15, 0.2) is 0 Å². The zero-order valence-corrected chi connectivity index (χ0v) is 16.8. The predicted molar refractivity (Wildman–Crippen MR) is 106 cm³/mol. The monoisotopic (exact) mass is 435 g/mol. The van der Waals surface area contributed by atoms with Crippen LogP contribution in [0.15, 0.2) is 30.3 Å². The Morgan fingerprint density at radius 2 is 1.84 bits per heavy atom. The number of nitrogens with one attached hydrogen (secondary N) is 2. The highest BCUT2D eigenvalue weighted by molar-refractivity contribution is 5.92. The molecule has 4 N–H and O–H groups in total. The van der Waals surface area contributed by atoms with E-state index in [0.717, 1.165) is 5.56 Å². The number of nitrogens with zero attached hydrogens (tertiary/aromatic N) is 1. The molecule has 0 aromatic heterocycles. The number of aliphatic carboxylic acids is 2. The van der Waals surface area contributed by atoms with E-state index in [1.807, 2.05) is 6.07 Å². The van der Waals surface area contributed by atoms with Crippen molar-refractivity contribution in [3.63, 3.8) is 0 Å². The summed E-state index contributed by atoms with van der Waals surface area (Å²) in [5, 5.41) is 22.5. The molecule has 1 aromatic carbocycles. The molecule has 1 aliphatic heterocycles. The number of alkyl carbamates (subject to hydrolysis) is 1. The maximum atomic E-state index is 12.5. The molecule has 1 unspecified atom stereocenters. The van der Waals surface area contributed by atoms with Crippen LogP contribution < -0.4 is 10.6 Å². The van der Waals surface area contributed by atoms with Crippen molar-refractivity contribution < 1.29 is 38.9 Å². The van der Waals surface area contributed by atoms with Gasteiger partial charge in [-0.25, -0.2) is 9.59 Å². The van der Waals surface area contributed by atoms with Gasteiger partial charge in [-0.3, -0.25) is 14.4 Å². The van der Waals surface area contributed by atoms with Crippen LogP contribution in [0.2, 0.25) is 0 Å². The first-order valence-electron chi connectivity index (χ1n) is 9.77. The lowest BCUT2D eigenvalue weighted by atomic mass is 10.1. The minimum atomic E-state index is -1.37. The molecule has 2 atom stereocenters. The van der Waals surface area contributed by atoms with Crippen molar-refractivity contribution in [3.05, 3.63) is 35.9 Å². The fourth-order valence-corrected chi connectivity index (χ4v) is 3.15. The summed E-state index contributed by atoms with van der Waals surface area (Å²) < 4.78 is 5.03. The van der Waals surface area contributed by atoms with Crippen molar-refractivity contribution in [2.75, 3.05) is 13.1 Å². The number of rotatable bonds is 10. The maximum Gasteiger partial charge on any atom is 0.407 e. The quantitative estimate of drug-likeness (QED) is 0.409. The molecule has 0 saturated carbocycles. The number of hydrogen-bond acceptors (Lipinski definition) is 6. The van der Waals surface area contributed by atoms with Gasteiger partial charge >= 0.3 is 18.0 Å². The fourth-order valence-electron chi connectivity index (χ4n) is 3.15. The van der Waals surface area contributed by atoms with E-state index in [-0.39, 0.29) is 26.1 Å². The summed E-state index contributed by atoms with van der Waals surface area (Å²) in [4.78, 5) is 59.9. The summed E-state index contributed by atoms with van der Waals surface area (Å²) in [5.74, 6) is -3.71. The molecule has 31 heavy (non-hydrogen) atoms. The molecule has 0 radical (unpaired) electrons. The smallest absolute Gasteiger partial charge is 0.407 e. The molecule has 1 aromatic rings. The summed E-state index contributed by atoms with van der Waals surface area (Å²) in [6, 6.07) is 6.74. The largest absolute Gasteiger partial charge is 0.481 e. The first kappa shape index (κ1) is 23.6. The van der Waals surface area contributed by atoms with E-state index in [1.54, 1.807) is 24.3 Å². The van der Waals surface area contributed by atoms with Gasteiger partial charge in [-0.05, 0) is 24.8 Å². The van der Waals surface area contributed by atoms with Gasteiger partial charge in [0.2, 0.25) is 11.8 Å². The van der Waals surface area contributed by atoms with E-state index in [4.69, 9.17) is 9.84 Å². The molecule has 0 aliphatic carbocycles. The Morgan fingerprint density at radius 1 is 1.13 bits per heavy atom. The lowest BCUT2D eigenvalue weighted by Gasteiger charge is -2.25. The normalized spacial score (nSPS) is 16.3. The number of likely N-dealkylation sites (tertiary alicyclic amines) is 1. The number of benzene rings is 1. The minimum Gasteiger partial charge on any atom is -0.481 e. The Morgan fingerprint density at radius 3 is 2.48 bits per heavy atom. The molecule has 11 heteroatoms. The number of carboxylic acid groups (broad SMARTS) is 2. The van der Waals surface area contributed by atoms with Gasteiger partial charge in [0.1, 0.15) is 25.2 Å². The molecule has 11 nitrogen and oxygen atoms in total. The fraction of sp³-hybridized carbons (Fsp3) is 0.450. The van der Waals surface area contributed by atoms with Gasteiger partial charge in [0.25, 0.3) is 0 Å². The zero-order chi connectivity index (χ0) is 22.8. The highest BCUT2D eigenvalue weighted by Crippen LogP contribution is 2.18. The standard InChI is InChI=1S/C20H25N3O8/c24-16(11-21-20(30)31-12-13-5-2-1-3-6-13)23-10-4-7-15(23)18(27)22-14(19(28)29)8-9-17(25)26/h1-3,5-6,14-15H,4,7-12H2,(H,21,30)(H,22,27)(H,25,26)(H,28,29)/t14-,15?/m0/s1. The second-order valence-corrected chi connectivity index (χ2v) is 6.99. The van der Waals surface area contributed by atoms with Crippen LogP contribution in [0.3, 0.4) is 0 Å². The van der Waals surface area contributed by atoms with Crippen LogP contribution in [0.25, 0.3) is 0 Å². The van der Waals surface area contributed by atoms with Crippen LogP contribution in [-0.4, -0.2) is 70.1 Å². The van der Waals surface area contributed by atoms with Crippen LogP contribution in [0.1, 0.15) is 31.2 Å². The Bertz CT molecular complexity index is 814. The van der Waals surface area contributed by atoms with E-state index in [0.29, 0.717) is 12.8 Å². The minimum absolute atomic E-state index is 0.0442. The maximum absolute atomic E-state index is 12.5. The molecular weight excluding hydrogens is 410 g/mol. The summed E-state index contributed by atoms with van der Waals surface area (Å²) in [7, 11) is 0. The van der Waals surface area contributed by atoms with Gasteiger partial charge in [-0.1, -0.05) is 30.3 Å². The number of carbonyl (C=O) groups excluding carboxylic acids is 3. The number of carboxylic acids is 2. The van der Waals surface area contributed by atoms with Crippen molar-refractivity contribution in [1.29, 1.82) is 0 Å². The first-order chi connectivity index (χ1) is 14.8. The summed E-state index contributed by atoms with van der Waals surface area (Å²) >= 11 is 0. The molecule has 0 spiro atoms. The lowest BCUT2D eigenvalue weighted by Crippen LogP contribution is -2.52. The summed E-state index contributed by atoms with van der Waals surface area (Å²) in [6.07, 6.45) is -0.598. The molecular formula is C20H25N3O8. The van der Waals surface area contributed by atoms with E-state index >= 15 is 0 Å². The van der Waals surface area contributed by atoms with Crippen LogP contribution in [0.5, 0.6) is 0 Å². The summed E-state index contributed by atoms with van der Waals surface area (Å²) in [6.45, 7) is -0.0498. The highest BCUT2D eigenvalue weighted by Gasteiger charge is 2.35. The third kappa shape index (κ3) is 7.61. The molecule has 2 rings (SSSR count). The number of hydrogen-bond donors (Lipinski definition) is 4. The number of amides is 3. The van der Waals surface area contributed by atoms with Gasteiger partial charge in [0, 0.05) is 13.0 Å². The van der Waals surface area contributed by atoms with Crippen molar-refractivity contribution >= 4 is 29.8 Å².